The molecule has 0 saturated carbocycles. The molecule has 4 saturated heterocycles. The monoisotopic (exact) mass is 1110 g/mol. The minimum atomic E-state index is -2.89. The molecule has 79 heavy (non-hydrogen) atoms. The Labute approximate surface area is 472 Å². The van der Waals surface area contributed by atoms with Gasteiger partial charge in [0.1, 0.15) is 11.9 Å². The van der Waals surface area contributed by atoms with Gasteiger partial charge in [-0.1, -0.05) is 172 Å². The first-order chi connectivity index (χ1) is 38.3. The van der Waals surface area contributed by atoms with Gasteiger partial charge in [-0.3, -0.25) is 4.21 Å². The van der Waals surface area contributed by atoms with Crippen molar-refractivity contribution in [2.24, 2.45) is 0 Å². The van der Waals surface area contributed by atoms with Gasteiger partial charge in [0, 0.05) is 42.9 Å². The van der Waals surface area contributed by atoms with Crippen molar-refractivity contribution < 1.29 is 51.3 Å². The minimum Gasteiger partial charge on any atom is -0.497 e. The number of fused-ring (bicyclic) bond motifs is 2. The maximum atomic E-state index is 14.9. The van der Waals surface area contributed by atoms with Crippen LogP contribution in [0.1, 0.15) is 92.5 Å². The molecular formula is C66H80O11SSi. The molecule has 0 unspecified atom stereocenters. The van der Waals surface area contributed by atoms with E-state index >= 15 is 0 Å². The van der Waals surface area contributed by atoms with E-state index in [0.29, 0.717) is 65.1 Å². The fraction of sp³-hybridized carbons (Fsp3) is 0.455. The van der Waals surface area contributed by atoms with Gasteiger partial charge in [-0.15, -0.1) is 0 Å². The van der Waals surface area contributed by atoms with Crippen molar-refractivity contribution in [3.63, 3.8) is 0 Å². The summed E-state index contributed by atoms with van der Waals surface area (Å²) in [5.41, 5.74) is 6.26. The van der Waals surface area contributed by atoms with Gasteiger partial charge < -0.3 is 47.1 Å². The van der Waals surface area contributed by atoms with Crippen molar-refractivity contribution >= 4 is 29.5 Å². The van der Waals surface area contributed by atoms with E-state index < -0.39 is 49.8 Å². The summed E-state index contributed by atoms with van der Waals surface area (Å²) in [7, 11) is -2.64. The second-order valence-electron chi connectivity index (χ2n) is 22.9. The summed E-state index contributed by atoms with van der Waals surface area (Å²) in [5, 5.41) is 2.22. The van der Waals surface area contributed by atoms with Gasteiger partial charge in [0.25, 0.3) is 8.32 Å². The molecule has 0 aliphatic carbocycles. The molecule has 0 bridgehead atoms. The van der Waals surface area contributed by atoms with Crippen molar-refractivity contribution in [3.05, 3.63) is 191 Å². The third-order valence-electron chi connectivity index (χ3n) is 16.2. The molecule has 0 aromatic heterocycles. The molecule has 4 heterocycles. The molecule has 4 aliphatic heterocycles. The van der Waals surface area contributed by atoms with Crippen molar-refractivity contribution in [3.8, 4) is 5.75 Å². The maximum Gasteiger partial charge on any atom is 0.261 e. The summed E-state index contributed by atoms with van der Waals surface area (Å²) in [6, 6.07) is 54.0. The van der Waals surface area contributed by atoms with E-state index in [4.69, 9.17) is 47.1 Å². The van der Waals surface area contributed by atoms with Gasteiger partial charge in [0.05, 0.1) is 98.4 Å². The second-order valence-corrected chi connectivity index (χ2v) is 28.6. The Kier molecular flexibility index (Phi) is 19.1. The highest BCUT2D eigenvalue weighted by atomic mass is 32.2. The average molecular weight is 1110 g/mol. The molecule has 13 heteroatoms. The van der Waals surface area contributed by atoms with E-state index in [1.807, 2.05) is 60.7 Å². The summed E-state index contributed by atoms with van der Waals surface area (Å²) in [5.74, 6) is 1.01. The number of hydrogen-bond donors (Lipinski definition) is 0. The van der Waals surface area contributed by atoms with Crippen LogP contribution in [0, 0.1) is 20.8 Å². The maximum absolute atomic E-state index is 14.9. The fourth-order valence-electron chi connectivity index (χ4n) is 12.4. The second kappa shape index (κ2) is 26.4. The van der Waals surface area contributed by atoms with Crippen molar-refractivity contribution in [1.29, 1.82) is 0 Å². The number of benzene rings is 6. The highest BCUT2D eigenvalue weighted by Crippen LogP contribution is 2.42. The molecule has 6 aromatic rings. The lowest BCUT2D eigenvalue weighted by Crippen LogP contribution is -2.66. The highest BCUT2D eigenvalue weighted by Gasteiger charge is 2.52. The Morgan fingerprint density at radius 3 is 1.68 bits per heavy atom. The number of aryl methyl sites for hydroxylation is 3. The van der Waals surface area contributed by atoms with Crippen LogP contribution in [0.15, 0.2) is 163 Å². The molecule has 420 valence electrons. The number of rotatable bonds is 21. The molecular weight excluding hydrogens is 1030 g/mol. The highest BCUT2D eigenvalue weighted by molar-refractivity contribution is 7.85. The van der Waals surface area contributed by atoms with E-state index in [2.05, 4.69) is 139 Å². The van der Waals surface area contributed by atoms with Crippen LogP contribution < -0.4 is 15.1 Å². The SMILES string of the molecule is COc1ccc([C@@H]2OC[C@H]3O[C@@H](CCO[Si](c4ccccc4)(c4ccccc4)C(C)(C)C)[C@@H](O[C@H]4C[C@H]5O[C@@H](CCOCc6ccccc6)[C@H](OCc6ccccc6)C[C@@H]5O[C@@H]4C[S@](=O)c4c(C)cc(C)cc4C)C[C@@H]3O2)cc1. The predicted molar refractivity (Wildman–Crippen MR) is 311 cm³/mol. The fourth-order valence-corrected chi connectivity index (χ4v) is 18.6. The van der Waals surface area contributed by atoms with Gasteiger partial charge >= 0.3 is 0 Å². The molecule has 0 amide bonds. The van der Waals surface area contributed by atoms with E-state index in [9.17, 15) is 4.21 Å². The molecule has 6 aromatic carbocycles. The van der Waals surface area contributed by atoms with Gasteiger partial charge in [-0.2, -0.15) is 0 Å². The van der Waals surface area contributed by atoms with Crippen LogP contribution in [0.2, 0.25) is 5.04 Å². The Morgan fingerprint density at radius 2 is 1.09 bits per heavy atom. The summed E-state index contributed by atoms with van der Waals surface area (Å²) < 4.78 is 83.4. The number of ether oxygens (including phenoxy) is 9. The van der Waals surface area contributed by atoms with E-state index in [1.54, 1.807) is 7.11 Å². The molecule has 0 N–H and O–H groups in total. The van der Waals surface area contributed by atoms with Crippen molar-refractivity contribution in [1.82, 2.24) is 0 Å². The van der Waals surface area contributed by atoms with E-state index in [1.165, 1.54) is 10.4 Å². The lowest BCUT2D eigenvalue weighted by atomic mass is 9.89. The molecule has 4 aliphatic rings. The first kappa shape index (κ1) is 57.4. The smallest absolute Gasteiger partial charge is 0.261 e. The Hall–Kier alpha value is -4.87. The molecule has 0 radical (unpaired) electrons. The van der Waals surface area contributed by atoms with E-state index in [-0.39, 0.29) is 47.4 Å². The summed E-state index contributed by atoms with van der Waals surface area (Å²) in [6.07, 6.45) is -1.45. The van der Waals surface area contributed by atoms with Crippen LogP contribution in [0.4, 0.5) is 0 Å². The van der Waals surface area contributed by atoms with Crippen LogP contribution >= 0.6 is 0 Å². The Morgan fingerprint density at radius 1 is 0.582 bits per heavy atom. The standard InChI is InChI=1S/C66H80O11SSi/c1-45-36-46(2)64(47(3)37-45)78(67)44-63-61(40-59-58(76-63)38-56(70-42-49-22-14-9-15-23-49)54(73-59)32-34-69-41-48-20-12-8-13-21-48)75-57-39-60-62(43-71-65(77-60)50-28-30-51(68-7)31-29-50)74-55(57)33-35-72-79(66(4,5)6,52-24-16-10-17-25-52)53-26-18-11-19-27-53/h8-31,36-37,54-63,65H,32-35,38-44H2,1-7H3/t54-,55-,56+,57-,58-,59+,60-,61-,62+,63+,65+,78-/m0/s1. The largest absolute Gasteiger partial charge is 0.497 e. The summed E-state index contributed by atoms with van der Waals surface area (Å²) in [4.78, 5) is 0.844. The van der Waals surface area contributed by atoms with Gasteiger partial charge in [0.15, 0.2) is 6.29 Å². The Bertz CT molecular complexity index is 2810. The topological polar surface area (TPSA) is 109 Å². The zero-order valence-corrected chi connectivity index (χ0v) is 48.9. The third-order valence-corrected chi connectivity index (χ3v) is 23.0. The van der Waals surface area contributed by atoms with Crippen LogP contribution in [-0.2, 0) is 66.3 Å². The number of methoxy groups -OCH3 is 1. The summed E-state index contributed by atoms with van der Waals surface area (Å²) in [6.45, 7) is 15.3. The van der Waals surface area contributed by atoms with Gasteiger partial charge in [-0.25, -0.2) is 0 Å². The first-order valence-electron chi connectivity index (χ1n) is 28.4. The average Bonchev–Trinajstić information content (AvgIpc) is 3.64. The molecule has 4 fully saturated rings. The van der Waals surface area contributed by atoms with Crippen molar-refractivity contribution in [2.75, 3.05) is 32.7 Å². The lowest BCUT2D eigenvalue weighted by Gasteiger charge is -2.50. The van der Waals surface area contributed by atoms with Crippen LogP contribution in [0.3, 0.4) is 0 Å². The quantitative estimate of drug-likeness (QED) is 0.0508. The van der Waals surface area contributed by atoms with Gasteiger partial charge in [0.2, 0.25) is 0 Å². The zero-order valence-electron chi connectivity index (χ0n) is 47.0. The van der Waals surface area contributed by atoms with Gasteiger partial charge in [-0.05, 0) is 83.4 Å². The number of hydrogen-bond acceptors (Lipinski definition) is 11. The zero-order chi connectivity index (χ0) is 54.9. The first-order valence-corrected chi connectivity index (χ1v) is 31.6. The predicted octanol–water partition coefficient (Wildman–Crippen LogP) is 11.2. The van der Waals surface area contributed by atoms with E-state index in [0.717, 1.165) is 44.0 Å². The minimum absolute atomic E-state index is 0.212. The lowest BCUT2D eigenvalue weighted by molar-refractivity contribution is -0.317. The third kappa shape index (κ3) is 13.7. The molecule has 11 nitrogen and oxygen atoms in total. The van der Waals surface area contributed by atoms with Crippen LogP contribution in [0.25, 0.3) is 0 Å². The van der Waals surface area contributed by atoms with Crippen LogP contribution in [-0.4, -0.2) is 106 Å². The molecule has 12 atom stereocenters. The Balaban J connectivity index is 0.948. The van der Waals surface area contributed by atoms with Crippen molar-refractivity contribution in [2.45, 2.75) is 164 Å². The molecule has 10 rings (SSSR count). The normalized spacial score (nSPS) is 26.6. The van der Waals surface area contributed by atoms with Crippen LogP contribution in [0.5, 0.6) is 5.75 Å². The molecule has 0 spiro atoms. The summed E-state index contributed by atoms with van der Waals surface area (Å²) >= 11 is 0.